The molecular weight excluding hydrogens is 264 g/mol. The third kappa shape index (κ3) is 2.30. The van der Waals surface area contributed by atoms with E-state index in [4.69, 9.17) is 9.15 Å². The lowest BCUT2D eigenvalue weighted by Gasteiger charge is -2.37. The fourth-order valence-electron chi connectivity index (χ4n) is 3.92. The molecule has 1 aromatic carbocycles. The van der Waals surface area contributed by atoms with Gasteiger partial charge in [0.15, 0.2) is 5.76 Å². The standard InChI is InChI=1S/C18H20O3/c19-17(16-11-13-5-1-2-6-15(13)21-16)14-7-10-20-18(12-14)8-3-4-9-18/h1-2,5-6,11,14H,3-4,7-10,12H2. The lowest BCUT2D eigenvalue weighted by molar-refractivity contribution is -0.0868. The Morgan fingerprint density at radius 1 is 1.19 bits per heavy atom. The molecule has 0 N–H and O–H groups in total. The van der Waals surface area contributed by atoms with E-state index < -0.39 is 0 Å². The minimum Gasteiger partial charge on any atom is -0.453 e. The molecule has 2 aromatic rings. The quantitative estimate of drug-likeness (QED) is 0.769. The van der Waals surface area contributed by atoms with Crippen LogP contribution in [0.2, 0.25) is 0 Å². The zero-order valence-electron chi connectivity index (χ0n) is 12.1. The van der Waals surface area contributed by atoms with E-state index in [2.05, 4.69) is 0 Å². The smallest absolute Gasteiger partial charge is 0.201 e. The van der Waals surface area contributed by atoms with Crippen LogP contribution in [0.25, 0.3) is 11.0 Å². The molecule has 21 heavy (non-hydrogen) atoms. The summed E-state index contributed by atoms with van der Waals surface area (Å²) in [5.74, 6) is 0.717. The van der Waals surface area contributed by atoms with Crippen molar-refractivity contribution in [2.45, 2.75) is 44.1 Å². The largest absolute Gasteiger partial charge is 0.453 e. The van der Waals surface area contributed by atoms with Crippen LogP contribution < -0.4 is 0 Å². The number of furan rings is 1. The van der Waals surface area contributed by atoms with Crippen LogP contribution in [0, 0.1) is 5.92 Å². The van der Waals surface area contributed by atoms with Gasteiger partial charge < -0.3 is 9.15 Å². The van der Waals surface area contributed by atoms with Crippen LogP contribution in [0.15, 0.2) is 34.7 Å². The summed E-state index contributed by atoms with van der Waals surface area (Å²) in [6.45, 7) is 0.705. The molecular formula is C18H20O3. The molecule has 3 nitrogen and oxygen atoms in total. The fraction of sp³-hybridized carbons (Fsp3) is 0.500. The second kappa shape index (κ2) is 4.99. The van der Waals surface area contributed by atoms with Gasteiger partial charge in [-0.15, -0.1) is 0 Å². The molecule has 0 bridgehead atoms. The van der Waals surface area contributed by atoms with Crippen molar-refractivity contribution in [3.63, 3.8) is 0 Å². The topological polar surface area (TPSA) is 39.4 Å². The Morgan fingerprint density at radius 3 is 2.81 bits per heavy atom. The van der Waals surface area contributed by atoms with E-state index in [1.807, 2.05) is 30.3 Å². The van der Waals surface area contributed by atoms with Gasteiger partial charge in [-0.25, -0.2) is 0 Å². The first-order valence-electron chi connectivity index (χ1n) is 7.93. The Labute approximate surface area is 124 Å². The van der Waals surface area contributed by atoms with Crippen molar-refractivity contribution < 1.29 is 13.9 Å². The summed E-state index contributed by atoms with van der Waals surface area (Å²) in [7, 11) is 0. The summed E-state index contributed by atoms with van der Waals surface area (Å²) in [5.41, 5.74) is 0.772. The maximum Gasteiger partial charge on any atom is 0.201 e. The fourth-order valence-corrected chi connectivity index (χ4v) is 3.92. The van der Waals surface area contributed by atoms with Crippen LogP contribution in [-0.2, 0) is 4.74 Å². The van der Waals surface area contributed by atoms with Crippen molar-refractivity contribution >= 4 is 16.8 Å². The normalized spacial score (nSPS) is 24.7. The number of carbonyl (C=O) groups is 1. The van der Waals surface area contributed by atoms with E-state index >= 15 is 0 Å². The number of para-hydroxylation sites is 1. The van der Waals surface area contributed by atoms with Gasteiger partial charge in [0.2, 0.25) is 5.78 Å². The molecule has 3 heteroatoms. The van der Waals surface area contributed by atoms with E-state index in [1.165, 1.54) is 12.8 Å². The molecule has 1 aliphatic carbocycles. The molecule has 4 rings (SSSR count). The predicted octanol–water partition coefficient (Wildman–Crippen LogP) is 4.35. The van der Waals surface area contributed by atoms with Crippen LogP contribution in [0.5, 0.6) is 0 Å². The second-order valence-electron chi connectivity index (χ2n) is 6.44. The minimum atomic E-state index is -0.0232. The van der Waals surface area contributed by atoms with Crippen LogP contribution in [0.1, 0.15) is 49.1 Å². The summed E-state index contributed by atoms with van der Waals surface area (Å²) >= 11 is 0. The Bertz CT molecular complexity index is 631. The van der Waals surface area contributed by atoms with Gasteiger partial charge in [0.05, 0.1) is 5.60 Å². The Morgan fingerprint density at radius 2 is 2.00 bits per heavy atom. The van der Waals surface area contributed by atoms with Gasteiger partial charge in [0.1, 0.15) is 5.58 Å². The van der Waals surface area contributed by atoms with Gasteiger partial charge in [-0.1, -0.05) is 31.0 Å². The zero-order chi connectivity index (χ0) is 14.3. The van der Waals surface area contributed by atoms with Gasteiger partial charge in [0, 0.05) is 17.9 Å². The third-order valence-electron chi connectivity index (χ3n) is 5.05. The maximum atomic E-state index is 12.8. The lowest BCUT2D eigenvalue weighted by Crippen LogP contribution is -2.39. The average Bonchev–Trinajstić information content (AvgIpc) is 3.13. The van der Waals surface area contributed by atoms with Crippen molar-refractivity contribution in [3.8, 4) is 0 Å². The first-order valence-corrected chi connectivity index (χ1v) is 7.93. The molecule has 2 fully saturated rings. The van der Waals surface area contributed by atoms with Gasteiger partial charge in [-0.05, 0) is 37.8 Å². The number of Topliss-reactive ketones (excluding diaryl/α,β-unsaturated/α-hetero) is 1. The molecule has 0 amide bonds. The van der Waals surface area contributed by atoms with E-state index in [-0.39, 0.29) is 17.3 Å². The number of hydrogen-bond acceptors (Lipinski definition) is 3. The summed E-state index contributed by atoms with van der Waals surface area (Å²) in [6, 6.07) is 9.68. The Hall–Kier alpha value is -1.61. The highest BCUT2D eigenvalue weighted by molar-refractivity contribution is 5.99. The highest BCUT2D eigenvalue weighted by atomic mass is 16.5. The van der Waals surface area contributed by atoms with E-state index in [1.54, 1.807) is 0 Å². The van der Waals surface area contributed by atoms with E-state index in [0.29, 0.717) is 12.4 Å². The number of fused-ring (bicyclic) bond motifs is 1. The van der Waals surface area contributed by atoms with Crippen LogP contribution in [0.3, 0.4) is 0 Å². The monoisotopic (exact) mass is 284 g/mol. The van der Waals surface area contributed by atoms with Crippen LogP contribution >= 0.6 is 0 Å². The molecule has 1 saturated carbocycles. The number of ketones is 1. The van der Waals surface area contributed by atoms with Gasteiger partial charge in [0.25, 0.3) is 0 Å². The summed E-state index contributed by atoms with van der Waals surface area (Å²) < 4.78 is 11.8. The number of carbonyl (C=O) groups excluding carboxylic acids is 1. The number of benzene rings is 1. The predicted molar refractivity (Wildman–Crippen MR) is 80.4 cm³/mol. The number of hydrogen-bond donors (Lipinski definition) is 0. The summed E-state index contributed by atoms with van der Waals surface area (Å²) in [5, 5.41) is 1.00. The minimum absolute atomic E-state index is 0.0232. The average molecular weight is 284 g/mol. The van der Waals surface area contributed by atoms with Gasteiger partial charge in [-0.3, -0.25) is 4.79 Å². The molecule has 110 valence electrons. The summed E-state index contributed by atoms with van der Waals surface area (Å²) in [4.78, 5) is 12.8. The number of ether oxygens (including phenoxy) is 1. The molecule has 1 saturated heterocycles. The van der Waals surface area contributed by atoms with Crippen LogP contribution in [-0.4, -0.2) is 18.0 Å². The highest BCUT2D eigenvalue weighted by Gasteiger charge is 2.42. The number of rotatable bonds is 2. The summed E-state index contributed by atoms with van der Waals surface area (Å²) in [6.07, 6.45) is 6.35. The molecule has 2 heterocycles. The highest BCUT2D eigenvalue weighted by Crippen LogP contribution is 2.43. The van der Waals surface area contributed by atoms with Crippen molar-refractivity contribution in [3.05, 3.63) is 36.1 Å². The van der Waals surface area contributed by atoms with Crippen molar-refractivity contribution in [2.24, 2.45) is 5.92 Å². The zero-order valence-corrected chi connectivity index (χ0v) is 12.1. The van der Waals surface area contributed by atoms with E-state index in [0.717, 1.165) is 36.7 Å². The van der Waals surface area contributed by atoms with E-state index in [9.17, 15) is 4.79 Å². The SMILES string of the molecule is O=C(c1cc2ccccc2o1)C1CCOC2(CCCC2)C1. The molecule has 1 aliphatic heterocycles. The van der Waals surface area contributed by atoms with Crippen molar-refractivity contribution in [1.82, 2.24) is 0 Å². The maximum absolute atomic E-state index is 12.8. The van der Waals surface area contributed by atoms with Crippen molar-refractivity contribution in [1.29, 1.82) is 0 Å². The molecule has 0 radical (unpaired) electrons. The third-order valence-corrected chi connectivity index (χ3v) is 5.05. The van der Waals surface area contributed by atoms with Crippen molar-refractivity contribution in [2.75, 3.05) is 6.61 Å². The molecule has 2 aliphatic rings. The molecule has 1 spiro atoms. The first kappa shape index (κ1) is 13.1. The van der Waals surface area contributed by atoms with Gasteiger partial charge >= 0.3 is 0 Å². The Kier molecular flexibility index (Phi) is 3.11. The molecule has 1 unspecified atom stereocenters. The first-order chi connectivity index (χ1) is 10.3. The Balaban J connectivity index is 1.58. The molecule has 1 atom stereocenters. The molecule has 1 aromatic heterocycles. The van der Waals surface area contributed by atoms with Gasteiger partial charge in [-0.2, -0.15) is 0 Å². The second-order valence-corrected chi connectivity index (χ2v) is 6.44. The lowest BCUT2D eigenvalue weighted by atomic mass is 9.82. The van der Waals surface area contributed by atoms with Crippen LogP contribution in [0.4, 0.5) is 0 Å².